The fourth-order valence-corrected chi connectivity index (χ4v) is 3.35. The molecule has 0 aromatic carbocycles. The fraction of sp³-hybridized carbons (Fsp3) is 0.556. The molecule has 0 radical (unpaired) electrons. The molecule has 2 N–H and O–H groups in total. The van der Waals surface area contributed by atoms with Gasteiger partial charge < -0.3 is 10.6 Å². The Balaban J connectivity index is 2.24. The van der Waals surface area contributed by atoms with Gasteiger partial charge in [-0.05, 0) is 13.0 Å². The fourth-order valence-electron chi connectivity index (χ4n) is 1.80. The highest BCUT2D eigenvalue weighted by molar-refractivity contribution is 7.91. The molecule has 1 aromatic heterocycles. The molecule has 1 unspecified atom stereocenters. The third kappa shape index (κ3) is 2.24. The van der Waals surface area contributed by atoms with Gasteiger partial charge in [-0.15, -0.1) is 0 Å². The Kier molecular flexibility index (Phi) is 2.71. The van der Waals surface area contributed by atoms with Crippen LogP contribution in [0.3, 0.4) is 0 Å². The number of anilines is 2. The summed E-state index contributed by atoms with van der Waals surface area (Å²) in [7, 11) is -2.91. The van der Waals surface area contributed by atoms with E-state index in [1.807, 2.05) is 11.8 Å². The Morgan fingerprint density at radius 1 is 1.56 bits per heavy atom. The second-order valence-corrected chi connectivity index (χ2v) is 6.17. The van der Waals surface area contributed by atoms with Crippen LogP contribution in [0.25, 0.3) is 0 Å². The molecule has 0 aliphatic carbocycles. The highest BCUT2D eigenvalue weighted by Crippen LogP contribution is 2.17. The first-order valence-electron chi connectivity index (χ1n) is 5.03. The largest absolute Gasteiger partial charge is 0.384 e. The molecule has 1 fully saturated rings. The van der Waals surface area contributed by atoms with Gasteiger partial charge >= 0.3 is 0 Å². The minimum atomic E-state index is -2.91. The minimum Gasteiger partial charge on any atom is -0.384 e. The van der Waals surface area contributed by atoms with Crippen LogP contribution < -0.4 is 10.6 Å². The molecule has 0 bridgehead atoms. The number of aromatic nitrogens is 2. The third-order valence-electron chi connectivity index (χ3n) is 2.59. The Morgan fingerprint density at radius 3 is 2.94 bits per heavy atom. The summed E-state index contributed by atoms with van der Waals surface area (Å²) in [5.41, 5.74) is 5.57. The summed E-state index contributed by atoms with van der Waals surface area (Å²) >= 11 is 0. The maximum atomic E-state index is 11.4. The Morgan fingerprint density at radius 2 is 2.31 bits per heavy atom. The molecule has 2 rings (SSSR count). The zero-order valence-electron chi connectivity index (χ0n) is 9.00. The number of sulfone groups is 1. The summed E-state index contributed by atoms with van der Waals surface area (Å²) in [5, 5.41) is 0. The molecule has 2 heterocycles. The lowest BCUT2D eigenvalue weighted by Crippen LogP contribution is -2.47. The molecule has 1 aliphatic rings. The van der Waals surface area contributed by atoms with Gasteiger partial charge in [0.1, 0.15) is 5.82 Å². The van der Waals surface area contributed by atoms with E-state index in [0.29, 0.717) is 18.3 Å². The number of hydrogen-bond donors (Lipinski definition) is 1. The van der Waals surface area contributed by atoms with Crippen LogP contribution in [0.1, 0.15) is 6.92 Å². The van der Waals surface area contributed by atoms with E-state index in [-0.39, 0.29) is 17.5 Å². The zero-order valence-corrected chi connectivity index (χ0v) is 9.81. The SMILES string of the molecule is CC1CS(=O)(=O)CCN1c1nccc(N)n1. The summed E-state index contributed by atoms with van der Waals surface area (Å²) in [6, 6.07) is 1.50. The maximum Gasteiger partial charge on any atom is 0.227 e. The van der Waals surface area contributed by atoms with Gasteiger partial charge in [0.05, 0.1) is 11.5 Å². The van der Waals surface area contributed by atoms with Crippen molar-refractivity contribution >= 4 is 21.6 Å². The topological polar surface area (TPSA) is 89.2 Å². The summed E-state index contributed by atoms with van der Waals surface area (Å²) in [6.45, 7) is 2.27. The number of rotatable bonds is 1. The van der Waals surface area contributed by atoms with E-state index in [2.05, 4.69) is 9.97 Å². The highest BCUT2D eigenvalue weighted by Gasteiger charge is 2.29. The zero-order chi connectivity index (χ0) is 11.8. The van der Waals surface area contributed by atoms with Gasteiger partial charge in [0, 0.05) is 18.8 Å². The standard InChI is InChI=1S/C9H14N4O2S/c1-7-6-16(14,15)5-4-13(7)9-11-3-2-8(10)12-9/h2-3,7H,4-6H2,1H3,(H2,10,11,12). The molecule has 1 aromatic rings. The molecule has 1 saturated heterocycles. The number of nitrogen functional groups attached to an aromatic ring is 1. The number of nitrogens with zero attached hydrogens (tertiary/aromatic N) is 3. The predicted octanol–water partition coefficient (Wildman–Crippen LogP) is -0.318. The lowest BCUT2D eigenvalue weighted by atomic mass is 10.3. The number of hydrogen-bond acceptors (Lipinski definition) is 6. The molecule has 88 valence electrons. The summed E-state index contributed by atoms with van der Waals surface area (Å²) in [5.74, 6) is 1.19. The molecule has 0 amide bonds. The van der Waals surface area contributed by atoms with Gasteiger partial charge in [0.15, 0.2) is 9.84 Å². The monoisotopic (exact) mass is 242 g/mol. The molecule has 7 heteroatoms. The van der Waals surface area contributed by atoms with Gasteiger partial charge in [-0.2, -0.15) is 4.98 Å². The van der Waals surface area contributed by atoms with E-state index in [0.717, 1.165) is 0 Å². The van der Waals surface area contributed by atoms with Crippen LogP contribution in [0.2, 0.25) is 0 Å². The van der Waals surface area contributed by atoms with Crippen LogP contribution in [0.15, 0.2) is 12.3 Å². The smallest absolute Gasteiger partial charge is 0.227 e. The van der Waals surface area contributed by atoms with Crippen molar-refractivity contribution in [3.05, 3.63) is 12.3 Å². The molecule has 0 saturated carbocycles. The lowest BCUT2D eigenvalue weighted by molar-refractivity contribution is 0.565. The van der Waals surface area contributed by atoms with E-state index < -0.39 is 9.84 Å². The van der Waals surface area contributed by atoms with Crippen LogP contribution in [0.4, 0.5) is 11.8 Å². The van der Waals surface area contributed by atoms with E-state index in [1.54, 1.807) is 12.3 Å². The first kappa shape index (κ1) is 11.1. The van der Waals surface area contributed by atoms with E-state index in [1.165, 1.54) is 0 Å². The molecular formula is C9H14N4O2S. The third-order valence-corrected chi connectivity index (χ3v) is 4.39. The second kappa shape index (κ2) is 3.89. The summed E-state index contributed by atoms with van der Waals surface area (Å²) < 4.78 is 22.8. The van der Waals surface area contributed by atoms with Gasteiger partial charge in [0.25, 0.3) is 0 Å². The predicted molar refractivity (Wildman–Crippen MR) is 61.9 cm³/mol. The average molecular weight is 242 g/mol. The first-order chi connectivity index (χ1) is 7.48. The van der Waals surface area contributed by atoms with Crippen molar-refractivity contribution in [1.29, 1.82) is 0 Å². The second-order valence-electron chi connectivity index (χ2n) is 3.94. The van der Waals surface area contributed by atoms with Gasteiger partial charge in [-0.25, -0.2) is 13.4 Å². The number of nitrogens with two attached hydrogens (primary N) is 1. The Bertz CT molecular complexity index is 488. The van der Waals surface area contributed by atoms with Gasteiger partial charge in [0.2, 0.25) is 5.95 Å². The van der Waals surface area contributed by atoms with Crippen LogP contribution in [0, 0.1) is 0 Å². The van der Waals surface area contributed by atoms with E-state index in [4.69, 9.17) is 5.73 Å². The van der Waals surface area contributed by atoms with Crippen molar-refractivity contribution in [2.24, 2.45) is 0 Å². The molecule has 1 aliphatic heterocycles. The highest BCUT2D eigenvalue weighted by atomic mass is 32.2. The Labute approximate surface area is 94.4 Å². The molecule has 6 nitrogen and oxygen atoms in total. The van der Waals surface area contributed by atoms with Crippen molar-refractivity contribution in [3.63, 3.8) is 0 Å². The summed E-state index contributed by atoms with van der Waals surface area (Å²) in [6.07, 6.45) is 1.58. The van der Waals surface area contributed by atoms with Gasteiger partial charge in [-0.1, -0.05) is 0 Å². The van der Waals surface area contributed by atoms with Crippen molar-refractivity contribution in [2.75, 3.05) is 28.7 Å². The van der Waals surface area contributed by atoms with Crippen LogP contribution in [-0.4, -0.2) is 42.5 Å². The van der Waals surface area contributed by atoms with Crippen molar-refractivity contribution in [3.8, 4) is 0 Å². The molecule has 1 atom stereocenters. The van der Waals surface area contributed by atoms with E-state index in [9.17, 15) is 8.42 Å². The molecule has 16 heavy (non-hydrogen) atoms. The Hall–Kier alpha value is -1.37. The normalized spacial score (nSPS) is 24.3. The first-order valence-corrected chi connectivity index (χ1v) is 6.86. The van der Waals surface area contributed by atoms with Crippen LogP contribution >= 0.6 is 0 Å². The van der Waals surface area contributed by atoms with Crippen molar-refractivity contribution in [1.82, 2.24) is 9.97 Å². The van der Waals surface area contributed by atoms with Crippen molar-refractivity contribution < 1.29 is 8.42 Å². The lowest BCUT2D eigenvalue weighted by Gasteiger charge is -2.33. The molecule has 0 spiro atoms. The molecular weight excluding hydrogens is 228 g/mol. The minimum absolute atomic E-state index is 0.111. The van der Waals surface area contributed by atoms with Crippen LogP contribution in [0.5, 0.6) is 0 Å². The average Bonchev–Trinajstić information content (AvgIpc) is 2.15. The van der Waals surface area contributed by atoms with Crippen molar-refractivity contribution in [2.45, 2.75) is 13.0 Å². The quantitative estimate of drug-likeness (QED) is 0.726. The summed E-state index contributed by atoms with van der Waals surface area (Å²) in [4.78, 5) is 10.1. The maximum absolute atomic E-state index is 11.4. The van der Waals surface area contributed by atoms with E-state index >= 15 is 0 Å². The van der Waals surface area contributed by atoms with Crippen LogP contribution in [-0.2, 0) is 9.84 Å². The van der Waals surface area contributed by atoms with Gasteiger partial charge in [-0.3, -0.25) is 0 Å².